The number of amides is 2. The number of anilines is 1. The van der Waals surface area contributed by atoms with Crippen LogP contribution in [0.1, 0.15) is 66.8 Å². The molecule has 0 atom stereocenters. The molecule has 8 heteroatoms. The van der Waals surface area contributed by atoms with Crippen LogP contribution in [0, 0.1) is 17.8 Å². The van der Waals surface area contributed by atoms with Crippen LogP contribution in [-0.2, 0) is 28.0 Å². The molecule has 4 fully saturated rings. The fourth-order valence-electron chi connectivity index (χ4n) is 6.88. The van der Waals surface area contributed by atoms with Gasteiger partial charge in [-0.3, -0.25) is 9.59 Å². The van der Waals surface area contributed by atoms with E-state index in [4.69, 9.17) is 0 Å². The van der Waals surface area contributed by atoms with E-state index in [2.05, 4.69) is 27.0 Å². The summed E-state index contributed by atoms with van der Waals surface area (Å²) in [7, 11) is 0. The van der Waals surface area contributed by atoms with Crippen LogP contribution < -0.4 is 5.32 Å². The first-order valence-electron chi connectivity index (χ1n) is 11.5. The summed E-state index contributed by atoms with van der Waals surface area (Å²) in [5.41, 5.74) is 1.46. The Morgan fingerprint density at radius 2 is 1.84 bits per heavy atom. The summed E-state index contributed by atoms with van der Waals surface area (Å²) in [4.78, 5) is 28.3. The highest BCUT2D eigenvalue weighted by molar-refractivity contribution is 7.15. The fraction of sp³-hybridized carbons (Fsp3) is 0.652. The maximum Gasteiger partial charge on any atom is 0.226 e. The van der Waals surface area contributed by atoms with E-state index in [1.807, 2.05) is 4.90 Å². The fourth-order valence-corrected chi connectivity index (χ4v) is 8.75. The summed E-state index contributed by atoms with van der Waals surface area (Å²) in [5.74, 6) is 2.49. The molecule has 0 unspecified atom stereocenters. The number of aromatic nitrogens is 2. The number of rotatable bonds is 5. The molecule has 164 valence electrons. The second kappa shape index (κ2) is 7.66. The molecule has 3 heterocycles. The van der Waals surface area contributed by atoms with Gasteiger partial charge in [0.2, 0.25) is 16.9 Å². The molecule has 4 aliphatic carbocycles. The zero-order valence-electron chi connectivity index (χ0n) is 17.6. The molecule has 1 N–H and O–H groups in total. The first kappa shape index (κ1) is 19.9. The molecule has 4 saturated carbocycles. The Balaban J connectivity index is 1.04. The highest BCUT2D eigenvalue weighted by Gasteiger charge is 2.53. The van der Waals surface area contributed by atoms with Crippen molar-refractivity contribution < 1.29 is 9.59 Å². The van der Waals surface area contributed by atoms with E-state index in [9.17, 15) is 9.59 Å². The second-order valence-corrected chi connectivity index (χ2v) is 12.1. The lowest BCUT2D eigenvalue weighted by molar-refractivity contribution is -0.133. The Kier molecular flexibility index (Phi) is 4.90. The van der Waals surface area contributed by atoms with Crippen molar-refractivity contribution in [2.24, 2.45) is 17.8 Å². The van der Waals surface area contributed by atoms with Gasteiger partial charge in [0.25, 0.3) is 0 Å². The number of nitrogens with one attached hydrogen (secondary N) is 1. The SMILES string of the molecule is O=C(CCC(=O)N1CCc2sccc2C1)Nc1nnc(C23CC4CC(CC(C4)C2)C3)s1. The van der Waals surface area contributed by atoms with Crippen LogP contribution >= 0.6 is 22.7 Å². The largest absolute Gasteiger partial charge is 0.338 e. The lowest BCUT2D eigenvalue weighted by Crippen LogP contribution is -2.48. The normalized spacial score (nSPS) is 31.0. The quantitative estimate of drug-likeness (QED) is 0.725. The van der Waals surface area contributed by atoms with Crippen molar-refractivity contribution in [1.82, 2.24) is 15.1 Å². The summed E-state index contributed by atoms with van der Waals surface area (Å²) < 4.78 is 0. The van der Waals surface area contributed by atoms with E-state index in [-0.39, 0.29) is 30.1 Å². The molecule has 2 amide bonds. The summed E-state index contributed by atoms with van der Waals surface area (Å²) >= 11 is 3.32. The third kappa shape index (κ3) is 3.71. The highest BCUT2D eigenvalue weighted by Crippen LogP contribution is 2.61. The molecular formula is C23H28N4O2S2. The van der Waals surface area contributed by atoms with Gasteiger partial charge in [-0.25, -0.2) is 0 Å². The Bertz CT molecular complexity index is 978. The van der Waals surface area contributed by atoms with Crippen molar-refractivity contribution in [3.63, 3.8) is 0 Å². The third-order valence-corrected chi connectivity index (χ3v) is 10.00. The maximum atomic E-state index is 12.6. The van der Waals surface area contributed by atoms with E-state index >= 15 is 0 Å². The van der Waals surface area contributed by atoms with Crippen LogP contribution in [0.4, 0.5) is 5.13 Å². The Hall–Kier alpha value is -1.80. The molecule has 1 aliphatic heterocycles. The van der Waals surface area contributed by atoms with Crippen molar-refractivity contribution in [2.75, 3.05) is 11.9 Å². The molecule has 2 aromatic rings. The Morgan fingerprint density at radius 1 is 1.10 bits per heavy atom. The zero-order valence-corrected chi connectivity index (χ0v) is 19.3. The van der Waals surface area contributed by atoms with Crippen molar-refractivity contribution in [2.45, 2.75) is 69.7 Å². The van der Waals surface area contributed by atoms with Crippen LogP contribution in [0.5, 0.6) is 0 Å². The average Bonchev–Trinajstić information content (AvgIpc) is 3.40. The molecule has 7 rings (SSSR count). The highest BCUT2D eigenvalue weighted by atomic mass is 32.1. The van der Waals surface area contributed by atoms with Gasteiger partial charge < -0.3 is 10.2 Å². The zero-order chi connectivity index (χ0) is 21.0. The molecule has 6 nitrogen and oxygen atoms in total. The van der Waals surface area contributed by atoms with Crippen LogP contribution in [0.15, 0.2) is 11.4 Å². The van der Waals surface area contributed by atoms with Gasteiger partial charge in [0.15, 0.2) is 0 Å². The Labute approximate surface area is 190 Å². The second-order valence-electron chi connectivity index (χ2n) is 10.1. The minimum atomic E-state index is -0.144. The van der Waals surface area contributed by atoms with Crippen molar-refractivity contribution in [1.29, 1.82) is 0 Å². The van der Waals surface area contributed by atoms with Gasteiger partial charge in [-0.2, -0.15) is 0 Å². The Morgan fingerprint density at radius 3 is 2.58 bits per heavy atom. The number of fused-ring (bicyclic) bond motifs is 1. The minimum absolute atomic E-state index is 0.0542. The van der Waals surface area contributed by atoms with Gasteiger partial charge in [-0.1, -0.05) is 11.3 Å². The van der Waals surface area contributed by atoms with Crippen LogP contribution in [0.3, 0.4) is 0 Å². The summed E-state index contributed by atoms with van der Waals surface area (Å²) in [6.07, 6.45) is 9.31. The lowest BCUT2D eigenvalue weighted by Gasteiger charge is -2.55. The molecule has 2 aromatic heterocycles. The predicted octanol–water partition coefficient (Wildman–Crippen LogP) is 4.37. The van der Waals surface area contributed by atoms with Crippen molar-refractivity contribution in [3.05, 3.63) is 26.9 Å². The van der Waals surface area contributed by atoms with Crippen LogP contribution in [0.2, 0.25) is 0 Å². The number of nitrogens with zero attached hydrogens (tertiary/aromatic N) is 3. The molecule has 0 saturated heterocycles. The van der Waals surface area contributed by atoms with Gasteiger partial charge in [0.05, 0.1) is 0 Å². The van der Waals surface area contributed by atoms with E-state index in [1.54, 1.807) is 22.7 Å². The van der Waals surface area contributed by atoms with Gasteiger partial charge in [-0.05, 0) is 79.7 Å². The predicted molar refractivity (Wildman–Crippen MR) is 121 cm³/mol. The van der Waals surface area contributed by atoms with Crippen molar-refractivity contribution >= 4 is 39.6 Å². The molecule has 31 heavy (non-hydrogen) atoms. The average molecular weight is 457 g/mol. The van der Waals surface area contributed by atoms with Gasteiger partial charge in [0, 0.05) is 36.2 Å². The number of carbonyl (C=O) groups is 2. The van der Waals surface area contributed by atoms with E-state index in [0.29, 0.717) is 11.7 Å². The summed E-state index contributed by atoms with van der Waals surface area (Å²) in [6, 6.07) is 2.10. The molecular weight excluding hydrogens is 428 g/mol. The van der Waals surface area contributed by atoms with Crippen molar-refractivity contribution in [3.8, 4) is 0 Å². The summed E-state index contributed by atoms with van der Waals surface area (Å²) in [5, 5.41) is 15.5. The van der Waals surface area contributed by atoms with Gasteiger partial charge in [-0.15, -0.1) is 21.5 Å². The first-order chi connectivity index (χ1) is 15.1. The molecule has 0 radical (unpaired) electrons. The molecule has 0 spiro atoms. The number of carbonyl (C=O) groups excluding carboxylic acids is 2. The number of hydrogen-bond donors (Lipinski definition) is 1. The monoisotopic (exact) mass is 456 g/mol. The van der Waals surface area contributed by atoms with Crippen LogP contribution in [-0.4, -0.2) is 33.5 Å². The lowest BCUT2D eigenvalue weighted by atomic mass is 9.50. The van der Waals surface area contributed by atoms with E-state index in [1.165, 1.54) is 49.0 Å². The summed E-state index contributed by atoms with van der Waals surface area (Å²) in [6.45, 7) is 1.42. The third-order valence-electron chi connectivity index (χ3n) is 7.89. The minimum Gasteiger partial charge on any atom is -0.338 e. The topological polar surface area (TPSA) is 75.2 Å². The number of thiophene rings is 1. The number of hydrogen-bond acceptors (Lipinski definition) is 6. The first-order valence-corrected chi connectivity index (χ1v) is 13.2. The van der Waals surface area contributed by atoms with E-state index < -0.39 is 0 Å². The van der Waals surface area contributed by atoms with E-state index in [0.717, 1.165) is 35.7 Å². The standard InChI is InChI=1S/C23H28N4O2S2/c28-19(1-2-20(29)27-5-3-18-17(13-27)4-6-30-18)24-22-26-25-21(31-22)23-10-14-7-15(11-23)9-16(8-14)12-23/h4,6,14-16H,1-3,5,7-13H2,(H,24,26,28). The van der Waals surface area contributed by atoms with Gasteiger partial charge >= 0.3 is 0 Å². The smallest absolute Gasteiger partial charge is 0.226 e. The van der Waals surface area contributed by atoms with Crippen LogP contribution in [0.25, 0.3) is 0 Å². The van der Waals surface area contributed by atoms with Gasteiger partial charge in [0.1, 0.15) is 5.01 Å². The molecule has 5 aliphatic rings. The molecule has 0 aromatic carbocycles. The maximum absolute atomic E-state index is 12.6. The molecule has 4 bridgehead atoms.